The molecule has 2 aliphatic heterocycles. The molecule has 0 aromatic heterocycles. The summed E-state index contributed by atoms with van der Waals surface area (Å²) >= 11 is 6.15. The molecule has 30 heavy (non-hydrogen) atoms. The number of amides is 1. The zero-order chi connectivity index (χ0) is 21.1. The summed E-state index contributed by atoms with van der Waals surface area (Å²) in [4.78, 5) is 15.6. The first kappa shape index (κ1) is 21.3. The van der Waals surface area contributed by atoms with E-state index >= 15 is 0 Å². The van der Waals surface area contributed by atoms with E-state index in [1.807, 2.05) is 23.1 Å². The second-order valence-corrected chi connectivity index (χ2v) is 10.4. The highest BCUT2D eigenvalue weighted by atomic mass is 35.5. The van der Waals surface area contributed by atoms with Crippen molar-refractivity contribution < 1.29 is 13.2 Å². The number of carbonyl (C=O) groups excluding carboxylic acids is 1. The molecule has 2 atom stereocenters. The molecule has 1 amide bonds. The summed E-state index contributed by atoms with van der Waals surface area (Å²) in [6, 6.07) is 16.7. The highest BCUT2D eigenvalue weighted by Crippen LogP contribution is 2.34. The molecule has 2 fully saturated rings. The lowest BCUT2D eigenvalue weighted by Gasteiger charge is -2.40. The van der Waals surface area contributed by atoms with E-state index in [2.05, 4.69) is 12.1 Å². The molecule has 4 rings (SSSR count). The van der Waals surface area contributed by atoms with Gasteiger partial charge in [0.05, 0.1) is 17.0 Å². The van der Waals surface area contributed by atoms with Crippen molar-refractivity contribution in [2.24, 2.45) is 5.92 Å². The first-order valence-electron chi connectivity index (χ1n) is 10.6. The van der Waals surface area contributed by atoms with E-state index in [1.54, 1.807) is 18.2 Å². The molecule has 0 radical (unpaired) electrons. The molecule has 0 N–H and O–H groups in total. The van der Waals surface area contributed by atoms with Gasteiger partial charge < -0.3 is 4.90 Å². The van der Waals surface area contributed by atoms with Crippen LogP contribution in [0, 0.1) is 5.92 Å². The first-order chi connectivity index (χ1) is 14.5. The number of carbonyl (C=O) groups is 1. The zero-order valence-electron chi connectivity index (χ0n) is 16.9. The van der Waals surface area contributed by atoms with Crippen LogP contribution in [-0.4, -0.2) is 43.2 Å². The van der Waals surface area contributed by atoms with Crippen molar-refractivity contribution in [2.75, 3.05) is 19.6 Å². The quantitative estimate of drug-likeness (QED) is 0.695. The van der Waals surface area contributed by atoms with E-state index in [4.69, 9.17) is 11.6 Å². The van der Waals surface area contributed by atoms with Gasteiger partial charge >= 0.3 is 0 Å². The van der Waals surface area contributed by atoms with Crippen LogP contribution in [0.25, 0.3) is 0 Å². The van der Waals surface area contributed by atoms with E-state index in [9.17, 15) is 13.2 Å². The maximum absolute atomic E-state index is 13.5. The van der Waals surface area contributed by atoms with Crippen LogP contribution in [0.4, 0.5) is 0 Å². The number of piperidine rings is 2. The van der Waals surface area contributed by atoms with E-state index in [-0.39, 0.29) is 34.3 Å². The molecule has 0 spiro atoms. The molecular formula is C23H27ClN2O3S. The minimum Gasteiger partial charge on any atom is -0.335 e. The van der Waals surface area contributed by atoms with Crippen molar-refractivity contribution in [3.8, 4) is 0 Å². The van der Waals surface area contributed by atoms with Crippen molar-refractivity contribution in [1.82, 2.24) is 9.21 Å². The molecule has 2 aliphatic rings. The Labute approximate surface area is 183 Å². The van der Waals surface area contributed by atoms with Crippen LogP contribution in [0.15, 0.2) is 59.5 Å². The van der Waals surface area contributed by atoms with Crippen LogP contribution < -0.4 is 0 Å². The van der Waals surface area contributed by atoms with Gasteiger partial charge in [-0.05, 0) is 49.8 Å². The summed E-state index contributed by atoms with van der Waals surface area (Å²) in [5, 5.41) is 0.214. The number of nitrogens with zero attached hydrogens (tertiary/aromatic N) is 2. The Morgan fingerprint density at radius 1 is 0.900 bits per heavy atom. The molecular weight excluding hydrogens is 420 g/mol. The standard InChI is InChI=1S/C23H27ClN2O3S/c24-20-12-4-5-14-22(20)30(28,29)25-15-8-11-19(17-25)23(27)26-16-7-6-13-21(26)18-9-2-1-3-10-18/h1-5,9-10,12,14,19,21H,6-8,11,13,15-17H2. The SMILES string of the molecule is O=C(C1CCCN(S(=O)(=O)c2ccccc2Cl)C1)N1CCCCC1c1ccccc1. The Morgan fingerprint density at radius 3 is 2.40 bits per heavy atom. The number of hydrogen-bond donors (Lipinski definition) is 0. The molecule has 2 saturated heterocycles. The molecule has 2 unspecified atom stereocenters. The number of likely N-dealkylation sites (tertiary alicyclic amines) is 1. The summed E-state index contributed by atoms with van der Waals surface area (Å²) in [6.45, 7) is 1.36. The average Bonchev–Trinajstić information content (AvgIpc) is 2.79. The predicted octanol–water partition coefficient (Wildman–Crippen LogP) is 4.49. The Kier molecular flexibility index (Phi) is 6.46. The lowest BCUT2D eigenvalue weighted by molar-refractivity contribution is -0.140. The summed E-state index contributed by atoms with van der Waals surface area (Å²) in [7, 11) is -3.72. The Hall–Kier alpha value is -1.89. The van der Waals surface area contributed by atoms with Gasteiger partial charge in [0.25, 0.3) is 0 Å². The van der Waals surface area contributed by atoms with Gasteiger partial charge in [-0.15, -0.1) is 0 Å². The van der Waals surface area contributed by atoms with Gasteiger partial charge in [0.2, 0.25) is 15.9 Å². The van der Waals surface area contributed by atoms with Gasteiger partial charge in [0.1, 0.15) is 4.90 Å². The number of halogens is 1. The van der Waals surface area contributed by atoms with Gasteiger partial charge in [-0.25, -0.2) is 8.42 Å². The third-order valence-corrected chi connectivity index (χ3v) is 8.52. The van der Waals surface area contributed by atoms with Gasteiger partial charge in [-0.2, -0.15) is 4.31 Å². The maximum atomic E-state index is 13.5. The molecule has 2 aromatic carbocycles. The van der Waals surface area contributed by atoms with E-state index in [0.717, 1.165) is 31.4 Å². The van der Waals surface area contributed by atoms with Gasteiger partial charge in [0.15, 0.2) is 0 Å². The highest BCUT2D eigenvalue weighted by Gasteiger charge is 2.38. The zero-order valence-corrected chi connectivity index (χ0v) is 18.5. The summed E-state index contributed by atoms with van der Waals surface area (Å²) in [6.07, 6.45) is 4.42. The fourth-order valence-corrected chi connectivity index (χ4v) is 6.62. The van der Waals surface area contributed by atoms with E-state index in [0.29, 0.717) is 19.4 Å². The number of rotatable bonds is 4. The highest BCUT2D eigenvalue weighted by molar-refractivity contribution is 7.89. The third-order valence-electron chi connectivity index (χ3n) is 6.16. The van der Waals surface area contributed by atoms with Gasteiger partial charge in [0, 0.05) is 19.6 Å². The molecule has 160 valence electrons. The number of sulfonamides is 1. The smallest absolute Gasteiger partial charge is 0.244 e. The van der Waals surface area contributed by atoms with Crippen LogP contribution in [0.1, 0.15) is 43.7 Å². The Morgan fingerprint density at radius 2 is 1.63 bits per heavy atom. The van der Waals surface area contributed by atoms with Crippen LogP contribution >= 0.6 is 11.6 Å². The van der Waals surface area contributed by atoms with Crippen molar-refractivity contribution >= 4 is 27.5 Å². The fraction of sp³-hybridized carbons (Fsp3) is 0.435. The minimum absolute atomic E-state index is 0.0719. The number of benzene rings is 2. The molecule has 0 bridgehead atoms. The molecule has 5 nitrogen and oxygen atoms in total. The molecule has 0 saturated carbocycles. The first-order valence-corrected chi connectivity index (χ1v) is 12.4. The molecule has 2 aromatic rings. The molecule has 2 heterocycles. The average molecular weight is 447 g/mol. The van der Waals surface area contributed by atoms with Crippen LogP contribution in [-0.2, 0) is 14.8 Å². The summed E-state index contributed by atoms with van der Waals surface area (Å²) in [5.74, 6) is -0.247. The van der Waals surface area contributed by atoms with Crippen molar-refractivity contribution in [3.05, 3.63) is 65.2 Å². The summed E-state index contributed by atoms with van der Waals surface area (Å²) < 4.78 is 27.7. The largest absolute Gasteiger partial charge is 0.335 e. The van der Waals surface area contributed by atoms with Crippen LogP contribution in [0.5, 0.6) is 0 Å². The van der Waals surface area contributed by atoms with Gasteiger partial charge in [-0.3, -0.25) is 4.79 Å². The second kappa shape index (κ2) is 9.08. The van der Waals surface area contributed by atoms with E-state index < -0.39 is 10.0 Å². The van der Waals surface area contributed by atoms with Crippen LogP contribution in [0.3, 0.4) is 0 Å². The van der Waals surface area contributed by atoms with E-state index in [1.165, 1.54) is 10.4 Å². The van der Waals surface area contributed by atoms with Crippen molar-refractivity contribution in [3.63, 3.8) is 0 Å². The Bertz CT molecular complexity index is 997. The lowest BCUT2D eigenvalue weighted by atomic mass is 9.91. The fourth-order valence-electron chi connectivity index (χ4n) is 4.61. The van der Waals surface area contributed by atoms with Crippen molar-refractivity contribution in [1.29, 1.82) is 0 Å². The lowest BCUT2D eigenvalue weighted by Crippen LogP contribution is -2.48. The topological polar surface area (TPSA) is 57.7 Å². The van der Waals surface area contributed by atoms with Crippen molar-refractivity contribution in [2.45, 2.75) is 43.0 Å². The predicted molar refractivity (Wildman–Crippen MR) is 118 cm³/mol. The Balaban J connectivity index is 1.54. The maximum Gasteiger partial charge on any atom is 0.244 e. The summed E-state index contributed by atoms with van der Waals surface area (Å²) in [5.41, 5.74) is 1.15. The van der Waals surface area contributed by atoms with Gasteiger partial charge in [-0.1, -0.05) is 54.1 Å². The normalized spacial score (nSPS) is 23.3. The number of hydrogen-bond acceptors (Lipinski definition) is 3. The molecule has 7 heteroatoms. The minimum atomic E-state index is -3.72. The second-order valence-electron chi connectivity index (χ2n) is 8.09. The monoisotopic (exact) mass is 446 g/mol. The van der Waals surface area contributed by atoms with Crippen LogP contribution in [0.2, 0.25) is 5.02 Å². The molecule has 0 aliphatic carbocycles. The third kappa shape index (κ3) is 4.27.